The van der Waals surface area contributed by atoms with Crippen molar-refractivity contribution in [3.05, 3.63) is 90.0 Å². The van der Waals surface area contributed by atoms with E-state index >= 15 is 0 Å². The molecule has 0 fully saturated rings. The van der Waals surface area contributed by atoms with E-state index in [9.17, 15) is 17.6 Å². The van der Waals surface area contributed by atoms with Crippen molar-refractivity contribution in [3.8, 4) is 0 Å². The first kappa shape index (κ1) is 19.5. The molecule has 1 aromatic heterocycles. The second-order valence-electron chi connectivity index (χ2n) is 6.10. The molecule has 8 heteroatoms. The van der Waals surface area contributed by atoms with Crippen molar-refractivity contribution in [1.82, 2.24) is 4.98 Å². The molecule has 6 nitrogen and oxygen atoms in total. The number of sulfonamides is 1. The van der Waals surface area contributed by atoms with E-state index in [0.717, 1.165) is 10.6 Å². The third-order valence-corrected chi connectivity index (χ3v) is 5.15. The zero-order valence-electron chi connectivity index (χ0n) is 15.0. The van der Waals surface area contributed by atoms with Crippen LogP contribution in [-0.2, 0) is 16.6 Å². The van der Waals surface area contributed by atoms with Crippen molar-refractivity contribution >= 4 is 27.3 Å². The zero-order chi connectivity index (χ0) is 20.1. The molecule has 1 amide bonds. The molecule has 0 atom stereocenters. The Balaban J connectivity index is 1.82. The van der Waals surface area contributed by atoms with Gasteiger partial charge in [0.2, 0.25) is 10.0 Å². The number of nitrogens with one attached hydrogen (secondary N) is 1. The van der Waals surface area contributed by atoms with Crippen molar-refractivity contribution in [3.63, 3.8) is 0 Å². The van der Waals surface area contributed by atoms with Crippen molar-refractivity contribution in [2.45, 2.75) is 6.54 Å². The lowest BCUT2D eigenvalue weighted by atomic mass is 10.1. The summed E-state index contributed by atoms with van der Waals surface area (Å²) in [5.74, 6) is -0.830. The molecule has 0 aliphatic rings. The molecule has 0 saturated carbocycles. The van der Waals surface area contributed by atoms with E-state index < -0.39 is 15.8 Å². The molecule has 2 aromatic carbocycles. The highest BCUT2D eigenvalue weighted by Gasteiger charge is 2.20. The molecule has 0 bridgehead atoms. The van der Waals surface area contributed by atoms with E-state index in [1.807, 2.05) is 0 Å². The Labute approximate surface area is 162 Å². The molecule has 0 saturated heterocycles. The fourth-order valence-electron chi connectivity index (χ4n) is 2.60. The van der Waals surface area contributed by atoms with Crippen LogP contribution in [0.1, 0.15) is 15.9 Å². The van der Waals surface area contributed by atoms with Crippen LogP contribution in [0.2, 0.25) is 0 Å². The van der Waals surface area contributed by atoms with E-state index in [1.165, 1.54) is 42.6 Å². The monoisotopic (exact) mass is 399 g/mol. The summed E-state index contributed by atoms with van der Waals surface area (Å²) in [7, 11) is -3.66. The molecule has 1 heterocycles. The van der Waals surface area contributed by atoms with Gasteiger partial charge in [0, 0.05) is 17.3 Å². The maximum Gasteiger partial charge on any atom is 0.255 e. The van der Waals surface area contributed by atoms with Gasteiger partial charge in [-0.25, -0.2) is 12.8 Å². The van der Waals surface area contributed by atoms with Crippen LogP contribution < -0.4 is 9.62 Å². The minimum atomic E-state index is -3.66. The lowest BCUT2D eigenvalue weighted by Crippen LogP contribution is -2.29. The summed E-state index contributed by atoms with van der Waals surface area (Å²) in [6.45, 7) is -0.146. The molecule has 144 valence electrons. The Morgan fingerprint density at radius 3 is 2.39 bits per heavy atom. The molecule has 28 heavy (non-hydrogen) atoms. The predicted octanol–water partition coefficient (Wildman–Crippen LogP) is 3.44. The highest BCUT2D eigenvalue weighted by molar-refractivity contribution is 7.92. The first-order chi connectivity index (χ1) is 13.3. The van der Waals surface area contributed by atoms with Gasteiger partial charge in [-0.15, -0.1) is 0 Å². The average molecular weight is 399 g/mol. The van der Waals surface area contributed by atoms with Crippen molar-refractivity contribution in [2.24, 2.45) is 0 Å². The maximum absolute atomic E-state index is 14.0. The molecule has 0 aliphatic heterocycles. The van der Waals surface area contributed by atoms with Crippen LogP contribution in [0.5, 0.6) is 0 Å². The molecule has 3 rings (SSSR count). The van der Waals surface area contributed by atoms with E-state index in [-0.39, 0.29) is 18.0 Å². The van der Waals surface area contributed by atoms with Gasteiger partial charge in [0.05, 0.1) is 30.4 Å². The van der Waals surface area contributed by atoms with Gasteiger partial charge in [0.15, 0.2) is 0 Å². The molecular weight excluding hydrogens is 381 g/mol. The summed E-state index contributed by atoms with van der Waals surface area (Å²) in [6, 6.07) is 15.5. The fourth-order valence-corrected chi connectivity index (χ4v) is 3.48. The van der Waals surface area contributed by atoms with Gasteiger partial charge in [-0.2, -0.15) is 0 Å². The molecule has 0 spiro atoms. The van der Waals surface area contributed by atoms with Crippen LogP contribution in [-0.4, -0.2) is 25.6 Å². The van der Waals surface area contributed by atoms with E-state index in [2.05, 4.69) is 10.3 Å². The molecule has 0 aliphatic carbocycles. The van der Waals surface area contributed by atoms with Gasteiger partial charge in [-0.3, -0.25) is 14.1 Å². The fraction of sp³-hybridized carbons (Fsp3) is 0.100. The standard InChI is InChI=1S/C20H18FN3O3S/c1-28(26,27)24(14-16-5-2-3-7-19(16)21)18-10-8-15(9-11-18)20(25)23-17-6-4-12-22-13-17/h2-13H,14H2,1H3,(H,23,25). The predicted molar refractivity (Wildman–Crippen MR) is 106 cm³/mol. The summed E-state index contributed by atoms with van der Waals surface area (Å²) >= 11 is 0. The second-order valence-corrected chi connectivity index (χ2v) is 8.01. The number of nitrogens with zero attached hydrogens (tertiary/aromatic N) is 2. The highest BCUT2D eigenvalue weighted by atomic mass is 32.2. The van der Waals surface area contributed by atoms with Crippen LogP contribution in [0, 0.1) is 5.82 Å². The highest BCUT2D eigenvalue weighted by Crippen LogP contribution is 2.22. The number of hydrogen-bond donors (Lipinski definition) is 1. The molecule has 0 unspecified atom stereocenters. The Bertz CT molecular complexity index is 1070. The lowest BCUT2D eigenvalue weighted by Gasteiger charge is -2.23. The second kappa shape index (κ2) is 8.18. The normalized spacial score (nSPS) is 11.1. The SMILES string of the molecule is CS(=O)(=O)N(Cc1ccccc1F)c1ccc(C(=O)Nc2cccnc2)cc1. The van der Waals surface area contributed by atoms with Crippen molar-refractivity contribution < 1.29 is 17.6 Å². The minimum absolute atomic E-state index is 0.146. The zero-order valence-corrected chi connectivity index (χ0v) is 15.9. The number of carbonyl (C=O) groups is 1. The molecule has 3 aromatic rings. The average Bonchev–Trinajstić information content (AvgIpc) is 2.67. The van der Waals surface area contributed by atoms with Gasteiger partial charge in [0.1, 0.15) is 5.82 Å². The number of amides is 1. The van der Waals surface area contributed by atoms with Gasteiger partial charge >= 0.3 is 0 Å². The maximum atomic E-state index is 14.0. The van der Waals surface area contributed by atoms with Crippen LogP contribution in [0.3, 0.4) is 0 Å². The topological polar surface area (TPSA) is 79.4 Å². The Morgan fingerprint density at radius 1 is 1.07 bits per heavy atom. The summed E-state index contributed by atoms with van der Waals surface area (Å²) in [6.07, 6.45) is 4.17. The number of carbonyl (C=O) groups excluding carboxylic acids is 1. The molecular formula is C20H18FN3O3S. The number of halogens is 1. The third kappa shape index (κ3) is 4.72. The Morgan fingerprint density at radius 2 is 1.79 bits per heavy atom. The van der Waals surface area contributed by atoms with Crippen molar-refractivity contribution in [1.29, 1.82) is 0 Å². The number of anilines is 2. The van der Waals surface area contributed by atoms with Gasteiger partial charge in [-0.1, -0.05) is 18.2 Å². The van der Waals surface area contributed by atoms with E-state index in [1.54, 1.807) is 30.5 Å². The first-order valence-electron chi connectivity index (χ1n) is 8.37. The van der Waals surface area contributed by atoms with E-state index in [0.29, 0.717) is 16.9 Å². The Kier molecular flexibility index (Phi) is 5.70. The van der Waals surface area contributed by atoms with Gasteiger partial charge in [-0.05, 0) is 42.5 Å². The summed E-state index contributed by atoms with van der Waals surface area (Å²) < 4.78 is 39.5. The number of hydrogen-bond acceptors (Lipinski definition) is 4. The van der Waals surface area contributed by atoms with Crippen molar-refractivity contribution in [2.75, 3.05) is 15.9 Å². The number of aromatic nitrogens is 1. The van der Waals surface area contributed by atoms with Crippen LogP contribution in [0.4, 0.5) is 15.8 Å². The smallest absolute Gasteiger partial charge is 0.255 e. The lowest BCUT2D eigenvalue weighted by molar-refractivity contribution is 0.102. The number of rotatable bonds is 6. The summed E-state index contributed by atoms with van der Waals surface area (Å²) in [5, 5.41) is 2.70. The summed E-state index contributed by atoms with van der Waals surface area (Å²) in [5.41, 5.74) is 1.50. The van der Waals surface area contributed by atoms with Gasteiger partial charge in [0.25, 0.3) is 5.91 Å². The van der Waals surface area contributed by atoms with Gasteiger partial charge < -0.3 is 5.32 Å². The first-order valence-corrected chi connectivity index (χ1v) is 10.2. The molecule has 1 N–H and O–H groups in total. The van der Waals surface area contributed by atoms with Crippen LogP contribution >= 0.6 is 0 Å². The largest absolute Gasteiger partial charge is 0.321 e. The van der Waals surface area contributed by atoms with E-state index in [4.69, 9.17) is 0 Å². The van der Waals surface area contributed by atoms with Crippen LogP contribution in [0.25, 0.3) is 0 Å². The quantitative estimate of drug-likeness (QED) is 0.689. The van der Waals surface area contributed by atoms with Crippen LogP contribution in [0.15, 0.2) is 73.1 Å². The third-order valence-electron chi connectivity index (χ3n) is 4.01. The Hall–Kier alpha value is -3.26. The molecule has 0 radical (unpaired) electrons. The summed E-state index contributed by atoms with van der Waals surface area (Å²) in [4.78, 5) is 16.2. The number of pyridine rings is 1. The minimum Gasteiger partial charge on any atom is -0.321 e. The number of benzene rings is 2.